The molecule has 2 aromatic carbocycles. The molecule has 3 heterocycles. The number of carbonyl (C=O) groups excluding carboxylic acids is 1. The summed E-state index contributed by atoms with van der Waals surface area (Å²) in [6.07, 6.45) is -1.20. The highest BCUT2D eigenvalue weighted by Crippen LogP contribution is 2.44. The lowest BCUT2D eigenvalue weighted by Crippen LogP contribution is -2.36. The molecule has 5 rings (SSSR count). The number of methoxy groups -OCH3 is 1. The number of rotatable bonds is 4. The second-order valence-corrected chi connectivity index (χ2v) is 7.79. The quantitative estimate of drug-likeness (QED) is 0.350. The summed E-state index contributed by atoms with van der Waals surface area (Å²) in [6.45, 7) is 1.81. The maximum atomic E-state index is 13.5. The Kier molecular flexibility index (Phi) is 4.92. The Bertz CT molecular complexity index is 1530. The van der Waals surface area contributed by atoms with E-state index < -0.39 is 23.6 Å². The second kappa shape index (κ2) is 7.81. The normalized spacial score (nSPS) is 17.1. The van der Waals surface area contributed by atoms with Crippen molar-refractivity contribution in [3.05, 3.63) is 80.4 Å². The molecule has 8 heteroatoms. The average molecular weight is 447 g/mol. The van der Waals surface area contributed by atoms with Crippen molar-refractivity contribution in [3.63, 3.8) is 0 Å². The Morgan fingerprint density at radius 2 is 1.91 bits per heavy atom. The molecule has 0 spiro atoms. The molecule has 0 N–H and O–H groups in total. The van der Waals surface area contributed by atoms with E-state index >= 15 is 0 Å². The highest BCUT2D eigenvalue weighted by Gasteiger charge is 2.46. The first-order valence-electron chi connectivity index (χ1n) is 10.5. The Labute approximate surface area is 187 Å². The summed E-state index contributed by atoms with van der Waals surface area (Å²) in [5.41, 5.74) is 0.353. The molecular formula is C25H21NO7. The minimum absolute atomic E-state index is 0.132. The van der Waals surface area contributed by atoms with Gasteiger partial charge in [0, 0.05) is 18.7 Å². The van der Waals surface area contributed by atoms with Gasteiger partial charge in [-0.3, -0.25) is 4.79 Å². The number of hydrogen-bond acceptors (Lipinski definition) is 7. The van der Waals surface area contributed by atoms with Gasteiger partial charge in [-0.2, -0.15) is 0 Å². The van der Waals surface area contributed by atoms with Gasteiger partial charge in [-0.05, 0) is 42.6 Å². The number of carbonyl (C=O) groups is 1. The lowest BCUT2D eigenvalue weighted by Gasteiger charge is -2.18. The number of fused-ring (bicyclic) bond motifs is 4. The molecule has 0 fully saturated rings. The fraction of sp³-hybridized carbons (Fsp3) is 0.240. The van der Waals surface area contributed by atoms with Crippen LogP contribution in [0.15, 0.2) is 62.5 Å². The van der Waals surface area contributed by atoms with E-state index in [-0.39, 0.29) is 29.0 Å². The highest BCUT2D eigenvalue weighted by atomic mass is 16.6. The number of esters is 1. The molecule has 33 heavy (non-hydrogen) atoms. The molecule has 1 aliphatic heterocycles. The van der Waals surface area contributed by atoms with Gasteiger partial charge in [0.1, 0.15) is 17.1 Å². The summed E-state index contributed by atoms with van der Waals surface area (Å²) in [4.78, 5) is 39.4. The van der Waals surface area contributed by atoms with Crippen molar-refractivity contribution >= 4 is 27.8 Å². The lowest BCUT2D eigenvalue weighted by atomic mass is 9.88. The van der Waals surface area contributed by atoms with Crippen molar-refractivity contribution in [2.75, 3.05) is 13.7 Å². The van der Waals surface area contributed by atoms with Crippen molar-refractivity contribution in [2.45, 2.75) is 18.9 Å². The molecule has 2 atom stereocenters. The molecule has 168 valence electrons. The van der Waals surface area contributed by atoms with Gasteiger partial charge in [0.05, 0.1) is 36.1 Å². The number of pyridine rings is 1. The van der Waals surface area contributed by atoms with Crippen LogP contribution in [0.1, 0.15) is 24.0 Å². The van der Waals surface area contributed by atoms with Gasteiger partial charge in [-0.1, -0.05) is 12.1 Å². The van der Waals surface area contributed by atoms with Crippen LogP contribution in [0.25, 0.3) is 21.9 Å². The molecule has 0 amide bonds. The van der Waals surface area contributed by atoms with Gasteiger partial charge >= 0.3 is 11.6 Å². The number of hydrogen-bond donors (Lipinski definition) is 0. The van der Waals surface area contributed by atoms with Gasteiger partial charge in [-0.15, -0.1) is 0 Å². The average Bonchev–Trinajstić information content (AvgIpc) is 3.23. The van der Waals surface area contributed by atoms with Crippen LogP contribution in [0.2, 0.25) is 0 Å². The van der Waals surface area contributed by atoms with Crippen molar-refractivity contribution in [2.24, 2.45) is 7.05 Å². The number of aryl methyl sites for hydroxylation is 1. The fourth-order valence-corrected chi connectivity index (χ4v) is 4.42. The molecule has 8 nitrogen and oxygen atoms in total. The van der Waals surface area contributed by atoms with E-state index in [4.69, 9.17) is 18.6 Å². The zero-order valence-corrected chi connectivity index (χ0v) is 18.3. The van der Waals surface area contributed by atoms with Crippen molar-refractivity contribution in [3.8, 4) is 11.5 Å². The van der Waals surface area contributed by atoms with Crippen LogP contribution < -0.4 is 20.7 Å². The SMILES string of the molecule is CCOC(=O)[C@H]1Oc2c(c(=O)oc3ccccc23)[C@@H]1c1cc2ccc(OC)cc2n(C)c1=O. The third-order valence-corrected chi connectivity index (χ3v) is 5.97. The Morgan fingerprint density at radius 3 is 2.67 bits per heavy atom. The third kappa shape index (κ3) is 3.17. The summed E-state index contributed by atoms with van der Waals surface area (Å²) < 4.78 is 23.5. The molecule has 0 aliphatic carbocycles. The standard InChI is InChI=1S/C25H21NO7/c1-4-31-25(29)22-19(20-21(33-22)15-7-5-6-8-18(15)32-24(20)28)16-11-13-9-10-14(30-3)12-17(13)26(2)23(16)27/h5-12,19,22H,4H2,1-3H3/t19-,22-/m0/s1. The van der Waals surface area contributed by atoms with Crippen LogP contribution in [0.3, 0.4) is 0 Å². The first-order chi connectivity index (χ1) is 15.9. The molecule has 0 radical (unpaired) electrons. The zero-order chi connectivity index (χ0) is 23.3. The van der Waals surface area contributed by atoms with Gasteiger partial charge in [0.15, 0.2) is 0 Å². The van der Waals surface area contributed by atoms with Gasteiger partial charge in [0.2, 0.25) is 6.10 Å². The predicted molar refractivity (Wildman–Crippen MR) is 121 cm³/mol. The van der Waals surface area contributed by atoms with Crippen LogP contribution in [0.4, 0.5) is 0 Å². The second-order valence-electron chi connectivity index (χ2n) is 7.79. The zero-order valence-electron chi connectivity index (χ0n) is 18.3. The first-order valence-corrected chi connectivity index (χ1v) is 10.5. The Hall–Kier alpha value is -4.07. The van der Waals surface area contributed by atoms with Crippen LogP contribution in [0, 0.1) is 0 Å². The molecule has 0 unspecified atom stereocenters. The molecule has 1 aliphatic rings. The van der Waals surface area contributed by atoms with Crippen molar-refractivity contribution < 1.29 is 23.4 Å². The third-order valence-electron chi connectivity index (χ3n) is 5.97. The number of nitrogens with zero attached hydrogens (tertiary/aromatic N) is 1. The van der Waals surface area contributed by atoms with E-state index in [1.807, 2.05) is 6.07 Å². The molecule has 2 aromatic heterocycles. The summed E-state index contributed by atoms with van der Waals surface area (Å²) in [5, 5.41) is 1.29. The van der Waals surface area contributed by atoms with Gasteiger partial charge in [-0.25, -0.2) is 9.59 Å². The van der Waals surface area contributed by atoms with E-state index in [1.165, 1.54) is 4.57 Å². The summed E-state index contributed by atoms with van der Waals surface area (Å²) in [5.74, 6) is -0.790. The van der Waals surface area contributed by atoms with Crippen LogP contribution in [0.5, 0.6) is 11.5 Å². The number of para-hydroxylation sites is 1. The minimum Gasteiger partial charge on any atom is -0.497 e. The van der Waals surface area contributed by atoms with E-state index in [9.17, 15) is 14.4 Å². The maximum absolute atomic E-state index is 13.5. The van der Waals surface area contributed by atoms with Crippen molar-refractivity contribution in [1.82, 2.24) is 4.57 Å². The molecule has 0 bridgehead atoms. The summed E-state index contributed by atoms with van der Waals surface area (Å²) in [6, 6.07) is 13.9. The predicted octanol–water partition coefficient (Wildman–Crippen LogP) is 3.11. The summed E-state index contributed by atoms with van der Waals surface area (Å²) >= 11 is 0. The van der Waals surface area contributed by atoms with E-state index in [1.54, 1.807) is 63.5 Å². The largest absolute Gasteiger partial charge is 0.497 e. The van der Waals surface area contributed by atoms with E-state index in [0.29, 0.717) is 22.2 Å². The lowest BCUT2D eigenvalue weighted by molar-refractivity contribution is -0.151. The molecule has 4 aromatic rings. The van der Waals surface area contributed by atoms with Gasteiger partial charge < -0.3 is 23.2 Å². The Balaban J connectivity index is 1.80. The fourth-order valence-electron chi connectivity index (χ4n) is 4.42. The highest BCUT2D eigenvalue weighted by molar-refractivity contribution is 5.89. The van der Waals surface area contributed by atoms with Crippen LogP contribution in [-0.2, 0) is 16.6 Å². The first kappa shape index (κ1) is 20.8. The number of benzene rings is 2. The van der Waals surface area contributed by atoms with Crippen LogP contribution >= 0.6 is 0 Å². The van der Waals surface area contributed by atoms with Crippen molar-refractivity contribution in [1.29, 1.82) is 0 Å². The molecule has 0 saturated carbocycles. The smallest absolute Gasteiger partial charge is 0.348 e. The topological polar surface area (TPSA) is 97.0 Å². The summed E-state index contributed by atoms with van der Waals surface area (Å²) in [7, 11) is 3.18. The molecule has 0 saturated heterocycles. The number of aromatic nitrogens is 1. The number of ether oxygens (including phenoxy) is 3. The minimum atomic E-state index is -1.20. The monoisotopic (exact) mass is 447 g/mol. The molecular weight excluding hydrogens is 426 g/mol. The maximum Gasteiger partial charge on any atom is 0.348 e. The van der Waals surface area contributed by atoms with E-state index in [2.05, 4.69) is 0 Å². The van der Waals surface area contributed by atoms with Gasteiger partial charge in [0.25, 0.3) is 5.56 Å². The van der Waals surface area contributed by atoms with Crippen LogP contribution in [-0.4, -0.2) is 30.4 Å². The Morgan fingerprint density at radius 1 is 1.12 bits per heavy atom. The van der Waals surface area contributed by atoms with E-state index in [0.717, 1.165) is 5.39 Å².